The number of rotatable bonds is 5. The van der Waals surface area contributed by atoms with Crippen molar-refractivity contribution in [1.82, 2.24) is 15.1 Å². The molecular weight excluding hydrogens is 278 g/mol. The lowest BCUT2D eigenvalue weighted by Crippen LogP contribution is -2.54. The van der Waals surface area contributed by atoms with Crippen LogP contribution in [-0.2, 0) is 9.59 Å². The van der Waals surface area contributed by atoms with Crippen LogP contribution in [0.4, 0.5) is 0 Å². The Bertz CT molecular complexity index is 391. The van der Waals surface area contributed by atoms with Gasteiger partial charge in [-0.1, -0.05) is 13.8 Å². The Kier molecular flexibility index (Phi) is 6.24. The Morgan fingerprint density at radius 3 is 2.36 bits per heavy atom. The Labute approximate surface area is 134 Å². The van der Waals surface area contributed by atoms with Gasteiger partial charge in [0.25, 0.3) is 0 Å². The number of hydrogen-bond acceptors (Lipinski definition) is 3. The van der Waals surface area contributed by atoms with Gasteiger partial charge in [0.1, 0.15) is 0 Å². The average molecular weight is 309 g/mol. The average Bonchev–Trinajstić information content (AvgIpc) is 3.01. The first-order valence-electron chi connectivity index (χ1n) is 8.80. The van der Waals surface area contributed by atoms with E-state index in [4.69, 9.17) is 0 Å². The van der Waals surface area contributed by atoms with Crippen LogP contribution in [0, 0.1) is 5.92 Å². The van der Waals surface area contributed by atoms with E-state index in [0.29, 0.717) is 5.92 Å². The smallest absolute Gasteiger partial charge is 0.239 e. The van der Waals surface area contributed by atoms with E-state index in [0.717, 1.165) is 51.7 Å². The Balaban J connectivity index is 2.09. The molecule has 5 heteroatoms. The van der Waals surface area contributed by atoms with Crippen molar-refractivity contribution in [3.63, 3.8) is 0 Å². The topological polar surface area (TPSA) is 52.7 Å². The molecule has 0 aromatic rings. The number of carbonyl (C=O) groups excluding carboxylic acids is 2. The quantitative estimate of drug-likeness (QED) is 0.840. The zero-order chi connectivity index (χ0) is 16.1. The summed E-state index contributed by atoms with van der Waals surface area (Å²) in [5.74, 6) is 0.732. The van der Waals surface area contributed by atoms with Crippen molar-refractivity contribution in [3.8, 4) is 0 Å². The number of piperidine rings is 1. The summed E-state index contributed by atoms with van der Waals surface area (Å²) in [4.78, 5) is 29.3. The molecule has 2 rings (SSSR count). The lowest BCUT2D eigenvalue weighted by atomic mass is 10.00. The number of likely N-dealkylation sites (tertiary alicyclic amines) is 2. The number of nitrogens with zero attached hydrogens (tertiary/aromatic N) is 2. The minimum Gasteiger partial charge on any atom is -0.358 e. The maximum absolute atomic E-state index is 12.9. The molecular formula is C17H31N3O2. The van der Waals surface area contributed by atoms with Gasteiger partial charge >= 0.3 is 0 Å². The molecule has 5 nitrogen and oxygen atoms in total. The summed E-state index contributed by atoms with van der Waals surface area (Å²) in [6.07, 6.45) is 6.17. The highest BCUT2D eigenvalue weighted by atomic mass is 16.2. The predicted molar refractivity (Wildman–Crippen MR) is 87.5 cm³/mol. The third-order valence-electron chi connectivity index (χ3n) is 4.89. The summed E-state index contributed by atoms with van der Waals surface area (Å²) >= 11 is 0. The van der Waals surface area contributed by atoms with Gasteiger partial charge in [-0.25, -0.2) is 0 Å². The van der Waals surface area contributed by atoms with Gasteiger partial charge in [0, 0.05) is 20.1 Å². The van der Waals surface area contributed by atoms with Crippen LogP contribution >= 0.6 is 0 Å². The first-order valence-corrected chi connectivity index (χ1v) is 8.80. The van der Waals surface area contributed by atoms with Crippen LogP contribution in [-0.4, -0.2) is 60.4 Å². The van der Waals surface area contributed by atoms with E-state index in [2.05, 4.69) is 24.1 Å². The van der Waals surface area contributed by atoms with Gasteiger partial charge in [-0.15, -0.1) is 0 Å². The molecule has 0 aromatic heterocycles. The molecule has 0 spiro atoms. The molecule has 0 bridgehead atoms. The highest BCUT2D eigenvalue weighted by Crippen LogP contribution is 2.26. The van der Waals surface area contributed by atoms with Crippen molar-refractivity contribution in [2.24, 2.45) is 5.92 Å². The molecule has 0 radical (unpaired) electrons. The van der Waals surface area contributed by atoms with Crippen molar-refractivity contribution >= 4 is 11.8 Å². The second-order valence-electron chi connectivity index (χ2n) is 7.04. The van der Waals surface area contributed by atoms with Crippen LogP contribution in [0.1, 0.15) is 52.4 Å². The summed E-state index contributed by atoms with van der Waals surface area (Å²) in [6.45, 7) is 6.89. The van der Waals surface area contributed by atoms with Crippen molar-refractivity contribution in [3.05, 3.63) is 0 Å². The molecule has 2 atom stereocenters. The Morgan fingerprint density at radius 2 is 1.77 bits per heavy atom. The van der Waals surface area contributed by atoms with E-state index >= 15 is 0 Å². The zero-order valence-electron chi connectivity index (χ0n) is 14.3. The molecule has 2 fully saturated rings. The van der Waals surface area contributed by atoms with Crippen molar-refractivity contribution < 1.29 is 9.59 Å². The number of amides is 2. The number of carbonyl (C=O) groups is 2. The van der Waals surface area contributed by atoms with Crippen LogP contribution in [0.2, 0.25) is 0 Å². The van der Waals surface area contributed by atoms with E-state index in [1.165, 1.54) is 6.42 Å². The summed E-state index contributed by atoms with van der Waals surface area (Å²) in [5, 5.41) is 2.78. The van der Waals surface area contributed by atoms with Gasteiger partial charge in [-0.3, -0.25) is 14.5 Å². The van der Waals surface area contributed by atoms with E-state index in [-0.39, 0.29) is 23.9 Å². The van der Waals surface area contributed by atoms with Gasteiger partial charge in [0.05, 0.1) is 12.1 Å². The minimum atomic E-state index is -0.175. The highest BCUT2D eigenvalue weighted by molar-refractivity contribution is 5.85. The van der Waals surface area contributed by atoms with Crippen molar-refractivity contribution in [2.75, 3.05) is 26.7 Å². The van der Waals surface area contributed by atoms with Gasteiger partial charge in [0.2, 0.25) is 11.8 Å². The molecule has 2 amide bonds. The molecule has 0 unspecified atom stereocenters. The van der Waals surface area contributed by atoms with Gasteiger partial charge in [-0.2, -0.15) is 0 Å². The van der Waals surface area contributed by atoms with Crippen LogP contribution < -0.4 is 5.32 Å². The third kappa shape index (κ3) is 4.00. The molecule has 2 heterocycles. The van der Waals surface area contributed by atoms with Crippen molar-refractivity contribution in [2.45, 2.75) is 64.5 Å². The lowest BCUT2D eigenvalue weighted by molar-refractivity contribution is -0.139. The predicted octanol–water partition coefficient (Wildman–Crippen LogP) is 1.62. The van der Waals surface area contributed by atoms with E-state index in [9.17, 15) is 9.59 Å². The monoisotopic (exact) mass is 309 g/mol. The summed E-state index contributed by atoms with van der Waals surface area (Å²) in [6, 6.07) is -0.273. The van der Waals surface area contributed by atoms with Gasteiger partial charge < -0.3 is 10.2 Å². The summed E-state index contributed by atoms with van der Waals surface area (Å²) in [5.41, 5.74) is 0. The fourth-order valence-electron chi connectivity index (χ4n) is 3.76. The van der Waals surface area contributed by atoms with E-state index in [1.54, 1.807) is 7.05 Å². The van der Waals surface area contributed by atoms with E-state index in [1.807, 2.05) is 4.90 Å². The molecule has 2 aliphatic heterocycles. The molecule has 22 heavy (non-hydrogen) atoms. The van der Waals surface area contributed by atoms with Crippen LogP contribution in [0.15, 0.2) is 0 Å². The first kappa shape index (κ1) is 17.3. The van der Waals surface area contributed by atoms with E-state index < -0.39 is 0 Å². The van der Waals surface area contributed by atoms with Crippen LogP contribution in [0.25, 0.3) is 0 Å². The maximum Gasteiger partial charge on any atom is 0.239 e. The first-order chi connectivity index (χ1) is 10.5. The fraction of sp³-hybridized carbons (Fsp3) is 0.882. The SMILES string of the molecule is CNC(=O)[C@@H](CC(C)C)N1CCC[C@H]1C(=O)N1CCCCC1. The van der Waals surface area contributed by atoms with Gasteiger partial charge in [0.15, 0.2) is 0 Å². The normalized spacial score (nSPS) is 24.5. The fourth-order valence-corrected chi connectivity index (χ4v) is 3.76. The second kappa shape index (κ2) is 7.95. The maximum atomic E-state index is 12.9. The molecule has 0 aliphatic carbocycles. The molecule has 126 valence electrons. The molecule has 2 aliphatic rings. The molecule has 0 saturated carbocycles. The lowest BCUT2D eigenvalue weighted by Gasteiger charge is -2.36. The number of likely N-dealkylation sites (N-methyl/N-ethyl adjacent to an activating group) is 1. The number of nitrogens with one attached hydrogen (secondary N) is 1. The third-order valence-corrected chi connectivity index (χ3v) is 4.89. The largest absolute Gasteiger partial charge is 0.358 e. The highest BCUT2D eigenvalue weighted by Gasteiger charge is 2.40. The summed E-state index contributed by atoms with van der Waals surface area (Å²) < 4.78 is 0. The zero-order valence-corrected chi connectivity index (χ0v) is 14.3. The molecule has 2 saturated heterocycles. The Hall–Kier alpha value is -1.10. The summed E-state index contributed by atoms with van der Waals surface area (Å²) in [7, 11) is 1.69. The second-order valence-corrected chi connectivity index (χ2v) is 7.04. The van der Waals surface area contributed by atoms with Gasteiger partial charge in [-0.05, 0) is 51.0 Å². The van der Waals surface area contributed by atoms with Crippen LogP contribution in [0.5, 0.6) is 0 Å². The van der Waals surface area contributed by atoms with Crippen LogP contribution in [0.3, 0.4) is 0 Å². The minimum absolute atomic E-state index is 0.0482. The number of hydrogen-bond donors (Lipinski definition) is 1. The Morgan fingerprint density at radius 1 is 1.09 bits per heavy atom. The molecule has 1 N–H and O–H groups in total. The standard InChI is InChI=1S/C17H31N3O2/c1-13(2)12-15(16(21)18-3)20-11-7-8-14(20)17(22)19-9-5-4-6-10-19/h13-15H,4-12H2,1-3H3,(H,18,21)/t14-,15+/m0/s1. The molecule has 0 aromatic carbocycles. The van der Waals surface area contributed by atoms with Crippen molar-refractivity contribution in [1.29, 1.82) is 0 Å².